The molecule has 3 aromatic rings. The largest absolute Gasteiger partial charge is 0.507 e. The minimum absolute atomic E-state index is 0.0544. The highest BCUT2D eigenvalue weighted by Crippen LogP contribution is 2.60. The van der Waals surface area contributed by atoms with Gasteiger partial charge in [0.05, 0.1) is 29.9 Å². The van der Waals surface area contributed by atoms with Crippen LogP contribution < -0.4 is 4.90 Å². The van der Waals surface area contributed by atoms with Gasteiger partial charge in [0.2, 0.25) is 0 Å². The number of phenolic OH excluding ortho intramolecular Hbond substituents is 1. The summed E-state index contributed by atoms with van der Waals surface area (Å²) in [5.41, 5.74) is 1.49. The fraction of sp³-hybridized carbons (Fsp3) is 0.480. The maximum Gasteiger partial charge on any atom is 0.151 e. The van der Waals surface area contributed by atoms with Crippen LogP contribution in [0, 0.1) is 10.8 Å². The molecule has 5 atom stereocenters. The van der Waals surface area contributed by atoms with Crippen molar-refractivity contribution in [2.45, 2.75) is 51.4 Å². The van der Waals surface area contributed by atoms with Gasteiger partial charge in [-0.3, -0.25) is 0 Å². The first-order valence-electron chi connectivity index (χ1n) is 11.3. The molecule has 2 bridgehead atoms. The zero-order valence-corrected chi connectivity index (χ0v) is 19.4. The number of anilines is 1. The number of phenols is 1. The van der Waals surface area contributed by atoms with Gasteiger partial charge in [-0.05, 0) is 48.9 Å². The molecule has 7 nitrogen and oxygen atoms in total. The third-order valence-electron chi connectivity index (χ3n) is 7.77. The molecule has 0 radical (unpaired) electrons. The maximum atomic E-state index is 15.7. The molecule has 0 spiro atoms. The van der Waals surface area contributed by atoms with Crippen molar-refractivity contribution in [3.05, 3.63) is 49.1 Å². The van der Waals surface area contributed by atoms with Gasteiger partial charge in [-0.1, -0.05) is 13.8 Å². The molecule has 174 valence electrons. The normalized spacial score (nSPS) is 31.0. The van der Waals surface area contributed by atoms with Crippen LogP contribution in [0.15, 0.2) is 49.1 Å². The summed E-state index contributed by atoms with van der Waals surface area (Å²) in [7, 11) is 3.62. The van der Waals surface area contributed by atoms with Crippen LogP contribution in [0.4, 0.5) is 10.2 Å². The lowest BCUT2D eigenvalue weighted by Gasteiger charge is -2.46. The Morgan fingerprint density at radius 1 is 1.15 bits per heavy atom. The Bertz CT molecular complexity index is 1140. The SMILES string of the molecule is CO[C@@H]1C[C@]2(C)C[C@@]1(C)C[C@@H](N(C)c1ccc(-c3ccc(-n4ccnc4)cc3O)nn1)[C@@H]2F. The number of rotatable bonds is 5. The average molecular weight is 452 g/mol. The molecule has 0 amide bonds. The molecule has 2 aliphatic rings. The maximum absolute atomic E-state index is 15.7. The van der Waals surface area contributed by atoms with E-state index in [1.54, 1.807) is 31.8 Å². The van der Waals surface area contributed by atoms with E-state index >= 15 is 4.39 Å². The van der Waals surface area contributed by atoms with E-state index in [2.05, 4.69) is 22.1 Å². The van der Waals surface area contributed by atoms with Crippen LogP contribution in [0.1, 0.15) is 33.1 Å². The van der Waals surface area contributed by atoms with Gasteiger partial charge in [0, 0.05) is 43.6 Å². The summed E-state index contributed by atoms with van der Waals surface area (Å²) in [6.45, 7) is 4.25. The summed E-state index contributed by atoms with van der Waals surface area (Å²) in [6, 6.07) is 8.72. The van der Waals surface area contributed by atoms with Crippen molar-refractivity contribution in [3.63, 3.8) is 0 Å². The minimum Gasteiger partial charge on any atom is -0.507 e. The van der Waals surface area contributed by atoms with Crippen LogP contribution in [0.3, 0.4) is 0 Å². The first-order valence-corrected chi connectivity index (χ1v) is 11.3. The number of imidazole rings is 1. The fourth-order valence-electron chi connectivity index (χ4n) is 6.07. The van der Waals surface area contributed by atoms with Gasteiger partial charge in [-0.15, -0.1) is 10.2 Å². The van der Waals surface area contributed by atoms with Gasteiger partial charge in [0.15, 0.2) is 5.82 Å². The minimum atomic E-state index is -0.975. The van der Waals surface area contributed by atoms with Crippen LogP contribution in [-0.2, 0) is 4.74 Å². The second kappa shape index (κ2) is 7.80. The van der Waals surface area contributed by atoms with Crippen molar-refractivity contribution in [2.75, 3.05) is 19.1 Å². The zero-order valence-electron chi connectivity index (χ0n) is 19.4. The van der Waals surface area contributed by atoms with E-state index < -0.39 is 11.6 Å². The quantitative estimate of drug-likeness (QED) is 0.620. The highest BCUT2D eigenvalue weighted by atomic mass is 19.1. The highest BCUT2D eigenvalue weighted by Gasteiger charge is 2.61. The molecule has 0 aliphatic heterocycles. The number of fused-ring (bicyclic) bond motifs is 2. The second-order valence-electron chi connectivity index (χ2n) is 10.1. The topological polar surface area (TPSA) is 76.3 Å². The van der Waals surface area contributed by atoms with E-state index in [1.807, 2.05) is 47.8 Å². The summed E-state index contributed by atoms with van der Waals surface area (Å²) < 4.78 is 23.3. The van der Waals surface area contributed by atoms with Gasteiger partial charge in [0.25, 0.3) is 0 Å². The van der Waals surface area contributed by atoms with E-state index in [0.29, 0.717) is 23.5 Å². The lowest BCUT2D eigenvalue weighted by atomic mass is 9.67. The number of ether oxygens (including phenoxy) is 1. The number of hydrogen-bond acceptors (Lipinski definition) is 6. The van der Waals surface area contributed by atoms with Crippen molar-refractivity contribution in [1.82, 2.24) is 19.7 Å². The van der Waals surface area contributed by atoms with Gasteiger partial charge in [0.1, 0.15) is 11.9 Å². The van der Waals surface area contributed by atoms with Crippen LogP contribution in [0.5, 0.6) is 5.75 Å². The first-order chi connectivity index (χ1) is 15.7. The summed E-state index contributed by atoms with van der Waals surface area (Å²) in [5, 5.41) is 19.3. The Hall–Kier alpha value is -3.00. The van der Waals surface area contributed by atoms with Crippen LogP contribution in [0.2, 0.25) is 0 Å². The lowest BCUT2D eigenvalue weighted by molar-refractivity contribution is -0.00121. The smallest absolute Gasteiger partial charge is 0.151 e. The molecule has 8 heteroatoms. The van der Waals surface area contributed by atoms with Crippen LogP contribution in [-0.4, -0.2) is 57.3 Å². The Labute approximate surface area is 193 Å². The van der Waals surface area contributed by atoms with Crippen molar-refractivity contribution < 1.29 is 14.2 Å². The Morgan fingerprint density at radius 2 is 1.97 bits per heavy atom. The molecule has 33 heavy (non-hydrogen) atoms. The third-order valence-corrected chi connectivity index (χ3v) is 7.77. The number of hydrogen-bond donors (Lipinski definition) is 1. The van der Waals surface area contributed by atoms with E-state index in [0.717, 1.165) is 18.5 Å². The zero-order chi connectivity index (χ0) is 23.4. The van der Waals surface area contributed by atoms with Gasteiger partial charge in [-0.2, -0.15) is 0 Å². The van der Waals surface area contributed by atoms with E-state index in [4.69, 9.17) is 4.74 Å². The van der Waals surface area contributed by atoms with E-state index in [-0.39, 0.29) is 23.3 Å². The average Bonchev–Trinajstić information content (AvgIpc) is 3.41. The van der Waals surface area contributed by atoms with Gasteiger partial charge >= 0.3 is 0 Å². The van der Waals surface area contributed by atoms with Crippen molar-refractivity contribution >= 4 is 5.82 Å². The molecular formula is C25H30FN5O2. The first kappa shape index (κ1) is 21.8. The van der Waals surface area contributed by atoms with Crippen LogP contribution in [0.25, 0.3) is 16.9 Å². The number of benzene rings is 1. The van der Waals surface area contributed by atoms with Crippen molar-refractivity contribution in [1.29, 1.82) is 0 Å². The summed E-state index contributed by atoms with van der Waals surface area (Å²) in [6.07, 6.45) is 6.54. The molecule has 0 unspecified atom stereocenters. The second-order valence-corrected chi connectivity index (χ2v) is 10.1. The molecule has 2 aromatic heterocycles. The van der Waals surface area contributed by atoms with E-state index in [1.165, 1.54) is 0 Å². The lowest BCUT2D eigenvalue weighted by Crippen LogP contribution is -2.52. The van der Waals surface area contributed by atoms with Crippen LogP contribution >= 0.6 is 0 Å². The Morgan fingerprint density at radius 3 is 2.61 bits per heavy atom. The Balaban J connectivity index is 1.38. The highest BCUT2D eigenvalue weighted by molar-refractivity contribution is 5.69. The number of nitrogens with zero attached hydrogens (tertiary/aromatic N) is 5. The van der Waals surface area contributed by atoms with E-state index in [9.17, 15) is 5.11 Å². The number of aromatic nitrogens is 4. The molecule has 5 rings (SSSR count). The standard InChI is InChI=1S/C25H30FN5O2/c1-24-12-19(23(26)25(2,14-24)13-21(24)33-4)30(3)22-8-7-18(28-29-22)17-6-5-16(11-20(17)32)31-10-9-27-15-31/h5-11,15,19,21,23,32H,12-14H2,1-4H3/t19-,21-,23+,24-,25-/m1/s1. The predicted molar refractivity (Wildman–Crippen MR) is 124 cm³/mol. The molecule has 2 heterocycles. The number of aromatic hydroxyl groups is 1. The third kappa shape index (κ3) is 3.57. The molecule has 2 aliphatic carbocycles. The molecule has 2 fully saturated rings. The predicted octanol–water partition coefficient (Wildman–Crippen LogP) is 4.40. The van der Waals surface area contributed by atoms with Crippen molar-refractivity contribution in [3.8, 4) is 22.7 Å². The number of alkyl halides is 1. The Kier molecular flexibility index (Phi) is 5.16. The number of methoxy groups -OCH3 is 1. The van der Waals surface area contributed by atoms with Crippen molar-refractivity contribution in [2.24, 2.45) is 10.8 Å². The summed E-state index contributed by atoms with van der Waals surface area (Å²) >= 11 is 0. The monoisotopic (exact) mass is 451 g/mol. The van der Waals surface area contributed by atoms with Gasteiger partial charge < -0.3 is 19.3 Å². The molecule has 0 saturated heterocycles. The van der Waals surface area contributed by atoms with Gasteiger partial charge in [-0.25, -0.2) is 9.37 Å². The summed E-state index contributed by atoms with van der Waals surface area (Å²) in [5.74, 6) is 0.721. The molecule has 1 N–H and O–H groups in total. The summed E-state index contributed by atoms with van der Waals surface area (Å²) in [4.78, 5) is 5.94. The molecule has 2 saturated carbocycles. The molecule has 1 aromatic carbocycles. The number of halogens is 1. The molecular weight excluding hydrogens is 421 g/mol. The fourth-order valence-corrected chi connectivity index (χ4v) is 6.07.